The van der Waals surface area contributed by atoms with Gasteiger partial charge >= 0.3 is 0 Å². The van der Waals surface area contributed by atoms with Gasteiger partial charge < -0.3 is 10.2 Å². The summed E-state index contributed by atoms with van der Waals surface area (Å²) in [5.41, 5.74) is 1.53. The van der Waals surface area contributed by atoms with Crippen LogP contribution < -0.4 is 10.2 Å². The van der Waals surface area contributed by atoms with Gasteiger partial charge in [0.25, 0.3) is 0 Å². The maximum Gasteiger partial charge on any atom is 0.237 e. The van der Waals surface area contributed by atoms with E-state index in [0.717, 1.165) is 38.3 Å². The van der Waals surface area contributed by atoms with Crippen LogP contribution in [0.2, 0.25) is 0 Å². The van der Waals surface area contributed by atoms with Gasteiger partial charge in [-0.25, -0.2) is 0 Å². The van der Waals surface area contributed by atoms with Gasteiger partial charge in [-0.1, -0.05) is 19.1 Å². The van der Waals surface area contributed by atoms with Gasteiger partial charge in [0.15, 0.2) is 0 Å². The molecule has 1 atom stereocenters. The number of rotatable bonds is 5. The highest BCUT2D eigenvalue weighted by molar-refractivity contribution is 5.82. The van der Waals surface area contributed by atoms with E-state index in [1.54, 1.807) is 0 Å². The van der Waals surface area contributed by atoms with E-state index in [0.29, 0.717) is 5.56 Å². The lowest BCUT2D eigenvalue weighted by atomic mass is 10.0. The molecule has 0 saturated carbocycles. The Bertz CT molecular complexity index is 612. The van der Waals surface area contributed by atoms with Crippen molar-refractivity contribution in [1.29, 1.82) is 5.26 Å². The molecule has 1 aliphatic heterocycles. The summed E-state index contributed by atoms with van der Waals surface area (Å²) in [5.74, 6) is 0.0905. The fraction of sp³-hybridized carbons (Fsp3) is 0.579. The number of piperazine rings is 1. The van der Waals surface area contributed by atoms with Crippen LogP contribution in [-0.2, 0) is 4.79 Å². The smallest absolute Gasteiger partial charge is 0.237 e. The molecule has 1 aromatic rings. The molecule has 130 valence electrons. The highest BCUT2D eigenvalue weighted by Gasteiger charge is 2.28. The summed E-state index contributed by atoms with van der Waals surface area (Å²) in [6.45, 7) is 11.4. The van der Waals surface area contributed by atoms with Crippen LogP contribution in [0.4, 0.5) is 5.69 Å². The van der Waals surface area contributed by atoms with Crippen molar-refractivity contribution in [3.05, 3.63) is 29.8 Å². The van der Waals surface area contributed by atoms with E-state index >= 15 is 0 Å². The summed E-state index contributed by atoms with van der Waals surface area (Å²) in [7, 11) is 0. The molecule has 1 heterocycles. The van der Waals surface area contributed by atoms with E-state index in [1.165, 1.54) is 0 Å². The van der Waals surface area contributed by atoms with Gasteiger partial charge in [0.2, 0.25) is 5.91 Å². The number of para-hydroxylation sites is 1. The lowest BCUT2D eigenvalue weighted by Gasteiger charge is -2.39. The molecule has 0 spiro atoms. The minimum atomic E-state index is -0.168. The number of carbonyl (C=O) groups is 1. The summed E-state index contributed by atoms with van der Waals surface area (Å²) in [4.78, 5) is 16.9. The van der Waals surface area contributed by atoms with Crippen LogP contribution in [0.25, 0.3) is 0 Å². The summed E-state index contributed by atoms with van der Waals surface area (Å²) < 4.78 is 0. The largest absolute Gasteiger partial charge is 0.368 e. The third-order valence-electron chi connectivity index (χ3n) is 4.95. The lowest BCUT2D eigenvalue weighted by Crippen LogP contribution is -2.56. The number of nitriles is 1. The maximum atomic E-state index is 12.5. The number of carbonyl (C=O) groups excluding carboxylic acids is 1. The van der Waals surface area contributed by atoms with Gasteiger partial charge in [-0.2, -0.15) is 5.26 Å². The highest BCUT2D eigenvalue weighted by Crippen LogP contribution is 2.21. The summed E-state index contributed by atoms with van der Waals surface area (Å²) >= 11 is 0. The SMILES string of the molecule is CCC(C)(C)NC(=O)C(C)N1CCN(c2ccccc2C#N)CC1. The number of hydrogen-bond acceptors (Lipinski definition) is 4. The van der Waals surface area contributed by atoms with Crippen LogP contribution >= 0.6 is 0 Å². The molecule has 5 nitrogen and oxygen atoms in total. The molecule has 24 heavy (non-hydrogen) atoms. The van der Waals surface area contributed by atoms with Crippen LogP contribution in [-0.4, -0.2) is 48.6 Å². The Morgan fingerprint density at radius 2 is 1.92 bits per heavy atom. The number of benzene rings is 1. The van der Waals surface area contributed by atoms with Gasteiger partial charge in [-0.3, -0.25) is 9.69 Å². The quantitative estimate of drug-likeness (QED) is 0.901. The zero-order valence-electron chi connectivity index (χ0n) is 15.2. The first-order valence-corrected chi connectivity index (χ1v) is 8.68. The highest BCUT2D eigenvalue weighted by atomic mass is 16.2. The van der Waals surface area contributed by atoms with Gasteiger partial charge in [-0.05, 0) is 39.3 Å². The average molecular weight is 328 g/mol. The van der Waals surface area contributed by atoms with E-state index < -0.39 is 0 Å². The molecule has 0 aliphatic carbocycles. The number of hydrogen-bond donors (Lipinski definition) is 1. The molecule has 1 saturated heterocycles. The standard InChI is InChI=1S/C19H28N4O/c1-5-19(3,4)21-18(24)15(2)22-10-12-23(13-11-22)17-9-7-6-8-16(17)14-20/h6-9,15H,5,10-13H2,1-4H3,(H,21,24). The second kappa shape index (κ2) is 7.67. The monoisotopic (exact) mass is 328 g/mol. The first-order chi connectivity index (χ1) is 11.4. The van der Waals surface area contributed by atoms with Crippen molar-refractivity contribution >= 4 is 11.6 Å². The number of amides is 1. The molecule has 1 fully saturated rings. The normalized spacial score (nSPS) is 17.2. The van der Waals surface area contributed by atoms with Gasteiger partial charge in [0.1, 0.15) is 6.07 Å². The Balaban J connectivity index is 1.95. The summed E-state index contributed by atoms with van der Waals surface area (Å²) in [5, 5.41) is 12.4. The molecule has 1 amide bonds. The maximum absolute atomic E-state index is 12.5. The Morgan fingerprint density at radius 1 is 1.29 bits per heavy atom. The molecule has 5 heteroatoms. The fourth-order valence-corrected chi connectivity index (χ4v) is 2.89. The first kappa shape index (κ1) is 18.3. The van der Waals surface area contributed by atoms with Crippen LogP contribution in [0.3, 0.4) is 0 Å². The van der Waals surface area contributed by atoms with Crippen molar-refractivity contribution in [3.8, 4) is 6.07 Å². The molecule has 0 bridgehead atoms. The number of nitrogens with zero attached hydrogens (tertiary/aromatic N) is 3. The van der Waals surface area contributed by atoms with Crippen LogP contribution in [0.15, 0.2) is 24.3 Å². The summed E-state index contributed by atoms with van der Waals surface area (Å²) in [6, 6.07) is 9.82. The van der Waals surface area contributed by atoms with Crippen LogP contribution in [0, 0.1) is 11.3 Å². The number of nitrogens with one attached hydrogen (secondary N) is 1. The molecule has 0 aromatic heterocycles. The van der Waals surface area contributed by atoms with Crippen molar-refractivity contribution in [1.82, 2.24) is 10.2 Å². The zero-order valence-corrected chi connectivity index (χ0v) is 15.2. The predicted octanol–water partition coefficient (Wildman–Crippen LogP) is 2.37. The third-order valence-corrected chi connectivity index (χ3v) is 4.95. The average Bonchev–Trinajstić information content (AvgIpc) is 2.60. The van der Waals surface area contributed by atoms with Gasteiger partial charge in [-0.15, -0.1) is 0 Å². The Kier molecular flexibility index (Phi) is 5.84. The minimum absolute atomic E-state index is 0.0905. The molecule has 1 aliphatic rings. The molecule has 1 aromatic carbocycles. The van der Waals surface area contributed by atoms with Gasteiger partial charge in [0.05, 0.1) is 17.3 Å². The molecular weight excluding hydrogens is 300 g/mol. The van der Waals surface area contributed by atoms with Crippen LogP contribution in [0.1, 0.15) is 39.7 Å². The molecule has 2 rings (SSSR count). The van der Waals surface area contributed by atoms with E-state index in [1.807, 2.05) is 45.0 Å². The molecule has 1 unspecified atom stereocenters. The van der Waals surface area contributed by atoms with Crippen molar-refractivity contribution in [2.45, 2.75) is 45.7 Å². The zero-order chi connectivity index (χ0) is 17.7. The lowest BCUT2D eigenvalue weighted by molar-refractivity contribution is -0.127. The van der Waals surface area contributed by atoms with Crippen molar-refractivity contribution in [2.75, 3.05) is 31.1 Å². The Morgan fingerprint density at radius 3 is 2.50 bits per heavy atom. The second-order valence-corrected chi connectivity index (χ2v) is 7.05. The fourth-order valence-electron chi connectivity index (χ4n) is 2.89. The Labute approximate surface area is 145 Å². The van der Waals surface area contributed by atoms with Crippen molar-refractivity contribution in [2.24, 2.45) is 0 Å². The predicted molar refractivity (Wildman–Crippen MR) is 96.9 cm³/mol. The van der Waals surface area contributed by atoms with Crippen LogP contribution in [0.5, 0.6) is 0 Å². The first-order valence-electron chi connectivity index (χ1n) is 8.68. The van der Waals surface area contributed by atoms with E-state index in [-0.39, 0.29) is 17.5 Å². The minimum Gasteiger partial charge on any atom is -0.368 e. The van der Waals surface area contributed by atoms with E-state index in [9.17, 15) is 10.1 Å². The molecular formula is C19H28N4O. The number of anilines is 1. The van der Waals surface area contributed by atoms with Crippen molar-refractivity contribution < 1.29 is 4.79 Å². The van der Waals surface area contributed by atoms with E-state index in [2.05, 4.69) is 28.1 Å². The summed E-state index contributed by atoms with van der Waals surface area (Å²) in [6.07, 6.45) is 0.907. The second-order valence-electron chi connectivity index (χ2n) is 7.05. The molecule has 1 N–H and O–H groups in total. The van der Waals surface area contributed by atoms with Crippen molar-refractivity contribution in [3.63, 3.8) is 0 Å². The topological polar surface area (TPSA) is 59.4 Å². The van der Waals surface area contributed by atoms with E-state index in [4.69, 9.17) is 0 Å². The Hall–Kier alpha value is -2.06. The third kappa shape index (κ3) is 4.27. The van der Waals surface area contributed by atoms with Gasteiger partial charge in [0, 0.05) is 31.7 Å². The molecule has 0 radical (unpaired) electrons.